The van der Waals surface area contributed by atoms with Gasteiger partial charge in [-0.15, -0.1) is 11.6 Å². The molecule has 2 heterocycles. The number of hydrogen-bond acceptors (Lipinski definition) is 3. The molecular formula is C16H17ClN2O2. The first-order valence-electron chi connectivity index (χ1n) is 6.81. The van der Waals surface area contributed by atoms with E-state index in [1.165, 1.54) is 0 Å². The lowest BCUT2D eigenvalue weighted by atomic mass is 10.2. The Bertz CT molecular complexity index is 776. The first kappa shape index (κ1) is 14.0. The van der Waals surface area contributed by atoms with Gasteiger partial charge >= 0.3 is 0 Å². The van der Waals surface area contributed by atoms with E-state index in [4.69, 9.17) is 20.8 Å². The molecule has 0 amide bonds. The van der Waals surface area contributed by atoms with E-state index in [2.05, 4.69) is 16.5 Å². The van der Waals surface area contributed by atoms with Crippen molar-refractivity contribution < 1.29 is 9.15 Å². The molecule has 5 heteroatoms. The van der Waals surface area contributed by atoms with Crippen LogP contribution in [0.5, 0.6) is 5.75 Å². The molecular weight excluding hydrogens is 288 g/mol. The topological polar surface area (TPSA) is 40.2 Å². The van der Waals surface area contributed by atoms with Crippen LogP contribution in [0.1, 0.15) is 30.3 Å². The second-order valence-corrected chi connectivity index (χ2v) is 5.28. The summed E-state index contributed by atoms with van der Waals surface area (Å²) in [5, 5.41) is 0. The zero-order valence-corrected chi connectivity index (χ0v) is 13.0. The van der Waals surface area contributed by atoms with Crippen molar-refractivity contribution in [2.75, 3.05) is 7.11 Å². The van der Waals surface area contributed by atoms with Crippen molar-refractivity contribution in [2.45, 2.75) is 25.8 Å². The average Bonchev–Trinajstić information content (AvgIpc) is 3.08. The number of hydrogen-bond donors (Lipinski definition) is 0. The molecule has 3 aromatic rings. The zero-order chi connectivity index (χ0) is 15.0. The van der Waals surface area contributed by atoms with Crippen LogP contribution in [0.3, 0.4) is 0 Å². The van der Waals surface area contributed by atoms with E-state index in [1.807, 2.05) is 37.3 Å². The van der Waals surface area contributed by atoms with Crippen LogP contribution in [-0.4, -0.2) is 16.7 Å². The van der Waals surface area contributed by atoms with Crippen LogP contribution in [0.25, 0.3) is 11.0 Å². The van der Waals surface area contributed by atoms with Crippen LogP contribution < -0.4 is 4.74 Å². The largest absolute Gasteiger partial charge is 0.497 e. The second kappa shape index (κ2) is 5.45. The summed E-state index contributed by atoms with van der Waals surface area (Å²) in [6.45, 7) is 4.02. The third-order valence-corrected chi connectivity index (χ3v) is 3.89. The number of benzene rings is 1. The van der Waals surface area contributed by atoms with E-state index in [9.17, 15) is 0 Å². The predicted molar refractivity (Wildman–Crippen MR) is 83.1 cm³/mol. The Balaban J connectivity index is 2.15. The number of imidazole rings is 1. The molecule has 21 heavy (non-hydrogen) atoms. The van der Waals surface area contributed by atoms with Gasteiger partial charge in [-0.2, -0.15) is 0 Å². The lowest BCUT2D eigenvalue weighted by molar-refractivity contribution is 0.415. The van der Waals surface area contributed by atoms with Crippen molar-refractivity contribution in [3.05, 3.63) is 47.7 Å². The van der Waals surface area contributed by atoms with Gasteiger partial charge in [-0.25, -0.2) is 4.98 Å². The lowest BCUT2D eigenvalue weighted by Gasteiger charge is -2.15. The summed E-state index contributed by atoms with van der Waals surface area (Å²) in [5.74, 6) is 3.75. The van der Waals surface area contributed by atoms with Gasteiger partial charge in [-0.3, -0.25) is 0 Å². The number of halogens is 1. The number of aromatic nitrogens is 2. The highest BCUT2D eigenvalue weighted by Crippen LogP contribution is 2.29. The number of methoxy groups -OCH3 is 1. The molecule has 0 fully saturated rings. The van der Waals surface area contributed by atoms with Crippen LogP contribution in [0, 0.1) is 6.92 Å². The first-order valence-corrected chi connectivity index (χ1v) is 7.34. The molecule has 0 spiro atoms. The van der Waals surface area contributed by atoms with Crippen LogP contribution in [0.2, 0.25) is 0 Å². The smallest absolute Gasteiger partial charge is 0.126 e. The van der Waals surface area contributed by atoms with E-state index in [1.54, 1.807) is 7.11 Å². The molecule has 0 aliphatic carbocycles. The number of alkyl halides is 1. The highest BCUT2D eigenvalue weighted by atomic mass is 35.5. The van der Waals surface area contributed by atoms with Crippen molar-refractivity contribution in [1.82, 2.24) is 9.55 Å². The number of rotatable bonds is 4. The van der Waals surface area contributed by atoms with Crippen molar-refractivity contribution in [3.63, 3.8) is 0 Å². The summed E-state index contributed by atoms with van der Waals surface area (Å²) >= 11 is 6.07. The summed E-state index contributed by atoms with van der Waals surface area (Å²) in [7, 11) is 1.65. The Kier molecular flexibility index (Phi) is 3.64. The minimum absolute atomic E-state index is 0.0332. The van der Waals surface area contributed by atoms with Gasteiger partial charge in [-0.05, 0) is 38.1 Å². The molecule has 0 N–H and O–H groups in total. The summed E-state index contributed by atoms with van der Waals surface area (Å²) in [6, 6.07) is 9.84. The lowest BCUT2D eigenvalue weighted by Crippen LogP contribution is -2.09. The monoisotopic (exact) mass is 304 g/mol. The summed E-state index contributed by atoms with van der Waals surface area (Å²) < 4.78 is 13.1. The van der Waals surface area contributed by atoms with Crippen molar-refractivity contribution >= 4 is 22.6 Å². The zero-order valence-electron chi connectivity index (χ0n) is 12.3. The molecule has 1 atom stereocenters. The fraction of sp³-hybridized carbons (Fsp3) is 0.312. The highest BCUT2D eigenvalue weighted by Gasteiger charge is 2.19. The van der Waals surface area contributed by atoms with Gasteiger partial charge in [0.05, 0.1) is 30.1 Å². The van der Waals surface area contributed by atoms with E-state index < -0.39 is 0 Å². The Morgan fingerprint density at radius 1 is 1.33 bits per heavy atom. The van der Waals surface area contributed by atoms with Gasteiger partial charge in [0.2, 0.25) is 0 Å². The van der Waals surface area contributed by atoms with Gasteiger partial charge in [0.15, 0.2) is 0 Å². The van der Waals surface area contributed by atoms with E-state index >= 15 is 0 Å². The summed E-state index contributed by atoms with van der Waals surface area (Å²) in [5.41, 5.74) is 1.90. The molecule has 0 saturated heterocycles. The van der Waals surface area contributed by atoms with Gasteiger partial charge in [0.1, 0.15) is 23.1 Å². The number of ether oxygens (including phenoxy) is 1. The van der Waals surface area contributed by atoms with Crippen LogP contribution in [0.4, 0.5) is 0 Å². The Morgan fingerprint density at radius 3 is 2.76 bits per heavy atom. The van der Waals surface area contributed by atoms with Crippen molar-refractivity contribution in [3.8, 4) is 5.75 Å². The van der Waals surface area contributed by atoms with Crippen molar-refractivity contribution in [2.24, 2.45) is 0 Å². The van der Waals surface area contributed by atoms with E-state index in [0.29, 0.717) is 5.88 Å². The van der Waals surface area contributed by atoms with Gasteiger partial charge in [-0.1, -0.05) is 0 Å². The fourth-order valence-electron chi connectivity index (χ4n) is 2.59. The van der Waals surface area contributed by atoms with Crippen LogP contribution in [-0.2, 0) is 5.88 Å². The predicted octanol–water partition coefficient (Wildman–Crippen LogP) is 4.29. The maximum absolute atomic E-state index is 6.07. The normalized spacial score (nSPS) is 12.8. The van der Waals surface area contributed by atoms with E-state index in [-0.39, 0.29) is 6.04 Å². The SMILES string of the molecule is COc1ccc2c(c1)nc(CCl)n2C(C)c1ccc(C)o1. The van der Waals surface area contributed by atoms with E-state index in [0.717, 1.165) is 34.1 Å². The maximum Gasteiger partial charge on any atom is 0.126 e. The van der Waals surface area contributed by atoms with Gasteiger partial charge < -0.3 is 13.7 Å². The minimum atomic E-state index is 0.0332. The molecule has 2 aromatic heterocycles. The third-order valence-electron chi connectivity index (χ3n) is 3.65. The number of aryl methyl sites for hydroxylation is 1. The molecule has 1 aromatic carbocycles. The highest BCUT2D eigenvalue weighted by molar-refractivity contribution is 6.16. The summed E-state index contributed by atoms with van der Waals surface area (Å²) in [6.07, 6.45) is 0. The standard InChI is InChI=1S/C16H17ClN2O2/c1-10-4-7-15(21-10)11(2)19-14-6-5-12(20-3)8-13(14)18-16(19)9-17/h4-8,11H,9H2,1-3H3. The number of nitrogens with zero attached hydrogens (tertiary/aromatic N) is 2. The molecule has 1 unspecified atom stereocenters. The van der Waals surface area contributed by atoms with Gasteiger partial charge in [0.25, 0.3) is 0 Å². The molecule has 3 rings (SSSR count). The average molecular weight is 305 g/mol. The molecule has 4 nitrogen and oxygen atoms in total. The maximum atomic E-state index is 6.07. The van der Waals surface area contributed by atoms with Crippen LogP contribution in [0.15, 0.2) is 34.7 Å². The molecule has 0 saturated carbocycles. The molecule has 0 aliphatic rings. The summed E-state index contributed by atoms with van der Waals surface area (Å²) in [4.78, 5) is 4.60. The molecule has 0 radical (unpaired) electrons. The van der Waals surface area contributed by atoms with Crippen LogP contribution >= 0.6 is 11.6 Å². The number of fused-ring (bicyclic) bond motifs is 1. The molecule has 110 valence electrons. The third kappa shape index (κ3) is 2.40. The van der Waals surface area contributed by atoms with Crippen molar-refractivity contribution in [1.29, 1.82) is 0 Å². The Morgan fingerprint density at radius 2 is 2.14 bits per heavy atom. The fourth-order valence-corrected chi connectivity index (χ4v) is 2.78. The minimum Gasteiger partial charge on any atom is -0.497 e. The van der Waals surface area contributed by atoms with Gasteiger partial charge in [0, 0.05) is 6.07 Å². The number of furan rings is 1. The quantitative estimate of drug-likeness (QED) is 0.675. The Labute approximate surface area is 128 Å². The molecule has 0 bridgehead atoms. The molecule has 0 aliphatic heterocycles. The Hall–Kier alpha value is -1.94. The second-order valence-electron chi connectivity index (χ2n) is 5.01. The first-order chi connectivity index (χ1) is 10.1.